The monoisotopic (exact) mass is 215 g/mol. The number of aromatic nitrogens is 1. The first-order valence-corrected chi connectivity index (χ1v) is 4.13. The predicted octanol–water partition coefficient (Wildman–Crippen LogP) is 2.83. The Kier molecular flexibility index (Phi) is 2.00. The fourth-order valence-corrected chi connectivity index (χ4v) is 1.44. The minimum absolute atomic E-state index is 0.139. The van der Waals surface area contributed by atoms with Crippen LogP contribution in [0.4, 0.5) is 8.78 Å². The van der Waals surface area contributed by atoms with Crippen molar-refractivity contribution in [2.45, 2.75) is 0 Å². The van der Waals surface area contributed by atoms with Crippen molar-refractivity contribution in [2.24, 2.45) is 0 Å². The third-order valence-electron chi connectivity index (χ3n) is 1.93. The second kappa shape index (κ2) is 3.06. The number of hydrogen-bond acceptors (Lipinski definition) is 1. The van der Waals surface area contributed by atoms with Gasteiger partial charge < -0.3 is 4.98 Å². The Labute approximate surface area is 82.5 Å². The molecule has 0 aliphatic carbocycles. The van der Waals surface area contributed by atoms with E-state index in [4.69, 9.17) is 11.6 Å². The molecule has 14 heavy (non-hydrogen) atoms. The fourth-order valence-electron chi connectivity index (χ4n) is 1.28. The predicted molar refractivity (Wildman–Crippen MR) is 48.4 cm³/mol. The average Bonchev–Trinajstić information content (AvgIpc) is 2.48. The van der Waals surface area contributed by atoms with Crippen LogP contribution in [0.5, 0.6) is 0 Å². The molecule has 0 saturated heterocycles. The number of carbonyl (C=O) groups excluding carboxylic acids is 1. The lowest BCUT2D eigenvalue weighted by atomic mass is 10.2. The second-order valence-electron chi connectivity index (χ2n) is 2.79. The number of rotatable bonds is 1. The van der Waals surface area contributed by atoms with E-state index in [-0.39, 0.29) is 10.9 Å². The molecule has 0 fully saturated rings. The van der Waals surface area contributed by atoms with E-state index in [0.29, 0.717) is 5.52 Å². The van der Waals surface area contributed by atoms with Crippen molar-refractivity contribution in [1.29, 1.82) is 0 Å². The van der Waals surface area contributed by atoms with E-state index in [2.05, 4.69) is 4.98 Å². The number of aromatic amines is 1. The SMILES string of the molecule is O=C(Cl)c1c[nH]c2cc(F)c(F)cc12. The fraction of sp³-hybridized carbons (Fsp3) is 0. The van der Waals surface area contributed by atoms with E-state index in [1.165, 1.54) is 6.20 Å². The molecule has 5 heteroatoms. The van der Waals surface area contributed by atoms with Crippen LogP contribution in [0.2, 0.25) is 0 Å². The van der Waals surface area contributed by atoms with E-state index < -0.39 is 16.9 Å². The molecule has 2 rings (SSSR count). The van der Waals surface area contributed by atoms with Gasteiger partial charge in [0.2, 0.25) is 0 Å². The van der Waals surface area contributed by atoms with Gasteiger partial charge in [-0.2, -0.15) is 0 Å². The van der Waals surface area contributed by atoms with Crippen LogP contribution in [0.1, 0.15) is 10.4 Å². The molecule has 0 aliphatic rings. The van der Waals surface area contributed by atoms with Crippen molar-refractivity contribution < 1.29 is 13.6 Å². The molecule has 2 nitrogen and oxygen atoms in total. The van der Waals surface area contributed by atoms with E-state index in [9.17, 15) is 13.6 Å². The molecule has 1 N–H and O–H groups in total. The highest BCUT2D eigenvalue weighted by molar-refractivity contribution is 6.68. The van der Waals surface area contributed by atoms with Crippen LogP contribution < -0.4 is 0 Å². The topological polar surface area (TPSA) is 32.9 Å². The Bertz CT molecular complexity index is 521. The van der Waals surface area contributed by atoms with Crippen LogP contribution in [0.25, 0.3) is 10.9 Å². The maximum absolute atomic E-state index is 12.8. The van der Waals surface area contributed by atoms with Crippen molar-refractivity contribution >= 4 is 27.7 Å². The number of H-pyrrole nitrogens is 1. The Morgan fingerprint density at radius 2 is 1.93 bits per heavy atom. The quantitative estimate of drug-likeness (QED) is 0.729. The molecular formula is C9H4ClF2NO. The van der Waals surface area contributed by atoms with Gasteiger partial charge in [0.15, 0.2) is 11.6 Å². The maximum atomic E-state index is 12.8. The first kappa shape index (κ1) is 9.15. The Morgan fingerprint density at radius 1 is 1.29 bits per heavy atom. The lowest BCUT2D eigenvalue weighted by Gasteiger charge is -1.94. The van der Waals surface area contributed by atoms with Gasteiger partial charge in [-0.3, -0.25) is 4.79 Å². The molecule has 1 aromatic heterocycles. The number of halogens is 3. The number of benzene rings is 1. The highest BCUT2D eigenvalue weighted by Crippen LogP contribution is 2.22. The minimum Gasteiger partial charge on any atom is -0.360 e. The minimum atomic E-state index is -1.00. The van der Waals surface area contributed by atoms with Gasteiger partial charge in [0, 0.05) is 23.2 Å². The van der Waals surface area contributed by atoms with Crippen LogP contribution in [-0.2, 0) is 0 Å². The summed E-state index contributed by atoms with van der Waals surface area (Å²) in [7, 11) is 0. The summed E-state index contributed by atoms with van der Waals surface area (Å²) in [6, 6.07) is 1.92. The Hall–Kier alpha value is -1.42. The highest BCUT2D eigenvalue weighted by Gasteiger charge is 2.12. The molecule has 0 spiro atoms. The molecular weight excluding hydrogens is 212 g/mol. The smallest absolute Gasteiger partial charge is 0.254 e. The van der Waals surface area contributed by atoms with E-state index in [0.717, 1.165) is 12.1 Å². The number of fused-ring (bicyclic) bond motifs is 1. The Morgan fingerprint density at radius 3 is 2.57 bits per heavy atom. The zero-order valence-corrected chi connectivity index (χ0v) is 7.53. The van der Waals surface area contributed by atoms with Crippen LogP contribution in [-0.4, -0.2) is 10.2 Å². The van der Waals surface area contributed by atoms with Gasteiger partial charge in [0.1, 0.15) is 0 Å². The zero-order valence-electron chi connectivity index (χ0n) is 6.77. The summed E-state index contributed by atoms with van der Waals surface area (Å²) in [5, 5.41) is -0.425. The molecule has 0 unspecified atom stereocenters. The van der Waals surface area contributed by atoms with Gasteiger partial charge in [-0.05, 0) is 17.7 Å². The number of nitrogens with one attached hydrogen (secondary N) is 1. The Balaban J connectivity index is 2.80. The van der Waals surface area contributed by atoms with E-state index in [1.54, 1.807) is 0 Å². The van der Waals surface area contributed by atoms with Crippen LogP contribution in [0.3, 0.4) is 0 Å². The standard InChI is InChI=1S/C9H4ClF2NO/c10-9(14)5-3-13-8-2-7(12)6(11)1-4(5)8/h1-3,13H. The van der Waals surface area contributed by atoms with Gasteiger partial charge in [0.05, 0.1) is 5.56 Å². The summed E-state index contributed by atoms with van der Waals surface area (Å²) < 4.78 is 25.6. The molecule has 0 aliphatic heterocycles. The summed E-state index contributed by atoms with van der Waals surface area (Å²) in [4.78, 5) is 13.5. The summed E-state index contributed by atoms with van der Waals surface area (Å²) in [5.74, 6) is -1.97. The molecule has 2 aromatic rings. The molecule has 0 amide bonds. The molecule has 1 aromatic carbocycles. The largest absolute Gasteiger partial charge is 0.360 e. The summed E-state index contributed by atoms with van der Waals surface area (Å²) in [5.41, 5.74) is 0.480. The second-order valence-corrected chi connectivity index (χ2v) is 3.13. The lowest BCUT2D eigenvalue weighted by Crippen LogP contribution is -1.87. The number of carbonyl (C=O) groups is 1. The summed E-state index contributed by atoms with van der Waals surface area (Å²) in [6.45, 7) is 0. The first-order valence-electron chi connectivity index (χ1n) is 3.75. The molecule has 1 heterocycles. The third kappa shape index (κ3) is 1.28. The lowest BCUT2D eigenvalue weighted by molar-refractivity contribution is 0.108. The van der Waals surface area contributed by atoms with Crippen molar-refractivity contribution in [2.75, 3.05) is 0 Å². The molecule has 0 bridgehead atoms. The van der Waals surface area contributed by atoms with Crippen molar-refractivity contribution in [3.63, 3.8) is 0 Å². The molecule has 72 valence electrons. The van der Waals surface area contributed by atoms with Gasteiger partial charge >= 0.3 is 0 Å². The summed E-state index contributed by atoms with van der Waals surface area (Å²) in [6.07, 6.45) is 1.32. The highest BCUT2D eigenvalue weighted by atomic mass is 35.5. The summed E-state index contributed by atoms with van der Waals surface area (Å²) >= 11 is 5.24. The van der Waals surface area contributed by atoms with Gasteiger partial charge in [-0.25, -0.2) is 8.78 Å². The van der Waals surface area contributed by atoms with Gasteiger partial charge in [-0.1, -0.05) is 0 Å². The number of hydrogen-bond donors (Lipinski definition) is 1. The normalized spacial score (nSPS) is 10.8. The zero-order chi connectivity index (χ0) is 10.3. The van der Waals surface area contributed by atoms with Crippen LogP contribution in [0.15, 0.2) is 18.3 Å². The maximum Gasteiger partial charge on any atom is 0.254 e. The third-order valence-corrected chi connectivity index (χ3v) is 2.14. The average molecular weight is 216 g/mol. The first-order chi connectivity index (χ1) is 6.59. The van der Waals surface area contributed by atoms with Crippen molar-refractivity contribution in [1.82, 2.24) is 4.98 Å². The van der Waals surface area contributed by atoms with Gasteiger partial charge in [-0.15, -0.1) is 0 Å². The van der Waals surface area contributed by atoms with E-state index in [1.807, 2.05) is 0 Å². The van der Waals surface area contributed by atoms with Crippen molar-refractivity contribution in [3.8, 4) is 0 Å². The molecule has 0 atom stereocenters. The van der Waals surface area contributed by atoms with Crippen LogP contribution >= 0.6 is 11.6 Å². The van der Waals surface area contributed by atoms with Crippen molar-refractivity contribution in [3.05, 3.63) is 35.5 Å². The van der Waals surface area contributed by atoms with E-state index >= 15 is 0 Å². The van der Waals surface area contributed by atoms with Crippen LogP contribution in [0, 0.1) is 11.6 Å². The molecule has 0 radical (unpaired) electrons. The van der Waals surface area contributed by atoms with Gasteiger partial charge in [0.25, 0.3) is 5.24 Å². The molecule has 0 saturated carbocycles.